The Morgan fingerprint density at radius 3 is 2.63 bits per heavy atom. The minimum atomic E-state index is -0.549. The van der Waals surface area contributed by atoms with Crippen molar-refractivity contribution in [3.05, 3.63) is 55.0 Å². The average Bonchev–Trinajstić information content (AvgIpc) is 3.73. The molecule has 38 heavy (non-hydrogen) atoms. The molecule has 1 unspecified atom stereocenters. The number of nitrogens with one attached hydrogen (secondary N) is 3. The van der Waals surface area contributed by atoms with Crippen LogP contribution in [0.5, 0.6) is 0 Å². The fourth-order valence-corrected chi connectivity index (χ4v) is 6.19. The Balaban J connectivity index is 1.22. The van der Waals surface area contributed by atoms with Crippen molar-refractivity contribution >= 4 is 33.3 Å². The van der Waals surface area contributed by atoms with Crippen molar-refractivity contribution in [3.63, 3.8) is 0 Å². The molecule has 8 heteroatoms. The van der Waals surface area contributed by atoms with Crippen LogP contribution in [0.4, 0.5) is 11.4 Å². The van der Waals surface area contributed by atoms with E-state index in [1.807, 2.05) is 18.5 Å². The van der Waals surface area contributed by atoms with Crippen LogP contribution in [0, 0.1) is 5.92 Å². The summed E-state index contributed by atoms with van der Waals surface area (Å²) in [5, 5.41) is 23.8. The van der Waals surface area contributed by atoms with Crippen LogP contribution in [0.1, 0.15) is 44.9 Å². The predicted molar refractivity (Wildman–Crippen MR) is 152 cm³/mol. The molecule has 5 aromatic rings. The van der Waals surface area contributed by atoms with Gasteiger partial charge in [0.15, 0.2) is 5.65 Å². The standard InChI is InChI=1S/C30H33N7O/c38-30(19-7-2-3-8-19)33-22-13-20(16-31-18-22)21-14-24-28(35-36-29(24)32-17-21)26-15-23-25(34-26)9-6-10-27(23)37-11-4-1-5-12-37/h6,9-10,13-19,30,33-34,38H,1-5,7-8,11-12H2,(H,32,35,36). The molecule has 0 amide bonds. The van der Waals surface area contributed by atoms with E-state index in [1.165, 1.54) is 43.2 Å². The molecule has 0 radical (unpaired) electrons. The lowest BCUT2D eigenvalue weighted by molar-refractivity contribution is 0.137. The first-order valence-electron chi connectivity index (χ1n) is 13.8. The highest BCUT2D eigenvalue weighted by molar-refractivity contribution is 6.00. The number of hydrogen-bond acceptors (Lipinski definition) is 6. The van der Waals surface area contributed by atoms with Gasteiger partial charge >= 0.3 is 0 Å². The van der Waals surface area contributed by atoms with Gasteiger partial charge in [-0.2, -0.15) is 5.10 Å². The first-order valence-corrected chi connectivity index (χ1v) is 13.8. The average molecular weight is 508 g/mol. The third kappa shape index (κ3) is 4.28. The number of benzene rings is 1. The quantitative estimate of drug-likeness (QED) is 0.208. The zero-order chi connectivity index (χ0) is 25.5. The molecule has 2 aliphatic rings. The summed E-state index contributed by atoms with van der Waals surface area (Å²) in [5.74, 6) is 0.303. The highest BCUT2D eigenvalue weighted by Gasteiger charge is 2.23. The summed E-state index contributed by atoms with van der Waals surface area (Å²) in [4.78, 5) is 15.2. The molecule has 4 N–H and O–H groups in total. The smallest absolute Gasteiger partial charge is 0.181 e. The van der Waals surface area contributed by atoms with Crippen molar-refractivity contribution in [2.24, 2.45) is 5.92 Å². The van der Waals surface area contributed by atoms with Crippen LogP contribution in [0.2, 0.25) is 0 Å². The topological polar surface area (TPSA) is 106 Å². The van der Waals surface area contributed by atoms with Crippen molar-refractivity contribution < 1.29 is 5.11 Å². The van der Waals surface area contributed by atoms with Crippen molar-refractivity contribution in [3.8, 4) is 22.5 Å². The molecule has 1 aliphatic carbocycles. The number of nitrogens with zero attached hydrogens (tertiary/aromatic N) is 4. The van der Waals surface area contributed by atoms with Crippen LogP contribution in [0.25, 0.3) is 44.5 Å². The van der Waals surface area contributed by atoms with Crippen molar-refractivity contribution in [2.45, 2.75) is 51.2 Å². The van der Waals surface area contributed by atoms with E-state index < -0.39 is 6.23 Å². The third-order valence-corrected chi connectivity index (χ3v) is 8.25. The van der Waals surface area contributed by atoms with E-state index in [-0.39, 0.29) is 0 Å². The maximum Gasteiger partial charge on any atom is 0.181 e. The Bertz CT molecular complexity index is 1580. The summed E-state index contributed by atoms with van der Waals surface area (Å²) in [6.45, 7) is 2.22. The number of pyridine rings is 2. The number of aromatic nitrogens is 5. The van der Waals surface area contributed by atoms with E-state index >= 15 is 0 Å². The van der Waals surface area contributed by atoms with Gasteiger partial charge in [-0.15, -0.1) is 0 Å². The summed E-state index contributed by atoms with van der Waals surface area (Å²) in [6, 6.07) is 12.9. The van der Waals surface area contributed by atoms with Gasteiger partial charge in [0.1, 0.15) is 6.23 Å². The Morgan fingerprint density at radius 1 is 0.921 bits per heavy atom. The Hall–Kier alpha value is -3.91. The Kier molecular flexibility index (Phi) is 5.96. The van der Waals surface area contributed by atoms with E-state index in [2.05, 4.69) is 65.7 Å². The number of piperidine rings is 1. The molecule has 2 fully saturated rings. The van der Waals surface area contributed by atoms with Crippen LogP contribution in [0.3, 0.4) is 0 Å². The summed E-state index contributed by atoms with van der Waals surface area (Å²) in [7, 11) is 0. The second kappa shape index (κ2) is 9.76. The zero-order valence-electron chi connectivity index (χ0n) is 21.5. The van der Waals surface area contributed by atoms with Gasteiger partial charge in [0.05, 0.1) is 23.3 Å². The Morgan fingerprint density at radius 2 is 1.76 bits per heavy atom. The van der Waals surface area contributed by atoms with Gasteiger partial charge in [-0.3, -0.25) is 10.1 Å². The number of fused-ring (bicyclic) bond motifs is 2. The molecule has 0 spiro atoms. The van der Waals surface area contributed by atoms with Gasteiger partial charge in [0, 0.05) is 64.5 Å². The summed E-state index contributed by atoms with van der Waals surface area (Å²) in [5.41, 5.74) is 7.73. The number of aromatic amines is 2. The fraction of sp³-hybridized carbons (Fsp3) is 0.367. The van der Waals surface area contributed by atoms with Gasteiger partial charge in [-0.25, -0.2) is 4.98 Å². The second-order valence-corrected chi connectivity index (χ2v) is 10.8. The molecule has 194 valence electrons. The number of hydrogen-bond donors (Lipinski definition) is 4. The van der Waals surface area contributed by atoms with Crippen LogP contribution in [-0.2, 0) is 0 Å². The molecular formula is C30H33N7O. The number of H-pyrrole nitrogens is 2. The lowest BCUT2D eigenvalue weighted by atomic mass is 10.1. The molecule has 1 saturated carbocycles. The van der Waals surface area contributed by atoms with E-state index in [0.717, 1.165) is 65.0 Å². The first kappa shape index (κ1) is 23.2. The highest BCUT2D eigenvalue weighted by atomic mass is 16.3. The monoisotopic (exact) mass is 507 g/mol. The van der Waals surface area contributed by atoms with Crippen molar-refractivity contribution in [1.82, 2.24) is 25.1 Å². The normalized spacial score (nSPS) is 17.4. The molecule has 5 heterocycles. The zero-order valence-corrected chi connectivity index (χ0v) is 21.5. The van der Waals surface area contributed by atoms with Crippen LogP contribution >= 0.6 is 0 Å². The van der Waals surface area contributed by atoms with Crippen molar-refractivity contribution in [2.75, 3.05) is 23.3 Å². The number of anilines is 2. The molecule has 1 aromatic carbocycles. The van der Waals surface area contributed by atoms with Gasteiger partial charge in [0.25, 0.3) is 0 Å². The van der Waals surface area contributed by atoms with Crippen LogP contribution < -0.4 is 10.2 Å². The van der Waals surface area contributed by atoms with Gasteiger partial charge < -0.3 is 20.3 Å². The lowest BCUT2D eigenvalue weighted by Gasteiger charge is -2.29. The van der Waals surface area contributed by atoms with Gasteiger partial charge in [-0.05, 0) is 62.4 Å². The maximum atomic E-state index is 10.6. The summed E-state index contributed by atoms with van der Waals surface area (Å²) in [6.07, 6.45) is 13.2. The van der Waals surface area contributed by atoms with E-state index in [1.54, 1.807) is 6.20 Å². The van der Waals surface area contributed by atoms with E-state index in [9.17, 15) is 5.11 Å². The summed E-state index contributed by atoms with van der Waals surface area (Å²) >= 11 is 0. The summed E-state index contributed by atoms with van der Waals surface area (Å²) < 4.78 is 0. The van der Waals surface area contributed by atoms with E-state index in [4.69, 9.17) is 0 Å². The molecule has 1 atom stereocenters. The molecular weight excluding hydrogens is 474 g/mol. The van der Waals surface area contributed by atoms with Crippen molar-refractivity contribution in [1.29, 1.82) is 0 Å². The maximum absolute atomic E-state index is 10.6. The number of rotatable bonds is 6. The predicted octanol–water partition coefficient (Wildman–Crippen LogP) is 6.08. The minimum Gasteiger partial charge on any atom is -0.374 e. The first-order chi connectivity index (χ1) is 18.7. The molecule has 7 rings (SSSR count). The molecule has 4 aromatic heterocycles. The van der Waals surface area contributed by atoms with Crippen LogP contribution in [0.15, 0.2) is 55.0 Å². The minimum absolute atomic E-state index is 0.303. The molecule has 1 aliphatic heterocycles. The van der Waals surface area contributed by atoms with Crippen LogP contribution in [-0.4, -0.2) is 49.6 Å². The number of aliphatic hydroxyl groups excluding tert-OH is 1. The fourth-order valence-electron chi connectivity index (χ4n) is 6.19. The highest BCUT2D eigenvalue weighted by Crippen LogP contribution is 2.35. The molecule has 8 nitrogen and oxygen atoms in total. The lowest BCUT2D eigenvalue weighted by Crippen LogP contribution is -2.29. The Labute approximate surface area is 221 Å². The molecule has 1 saturated heterocycles. The van der Waals surface area contributed by atoms with Gasteiger partial charge in [0.2, 0.25) is 0 Å². The number of aliphatic hydroxyl groups is 1. The van der Waals surface area contributed by atoms with E-state index in [0.29, 0.717) is 11.6 Å². The SMILES string of the molecule is OC(Nc1cncc(-c2cnc3n[nH]c(-c4cc5c(N6CCCCC6)cccc5[nH]4)c3c2)c1)C1CCCC1. The third-order valence-electron chi connectivity index (χ3n) is 8.25. The second-order valence-electron chi connectivity index (χ2n) is 10.8. The van der Waals surface area contributed by atoms with Gasteiger partial charge in [-0.1, -0.05) is 18.9 Å². The largest absolute Gasteiger partial charge is 0.374 e. The molecule has 0 bridgehead atoms.